The minimum Gasteiger partial charge on any atom is -0.444 e. The molecule has 1 heterocycles. The molecular weight excluding hydrogens is 302 g/mol. The molecule has 1 aliphatic rings. The van der Waals surface area contributed by atoms with E-state index in [2.05, 4.69) is 6.58 Å². The second-order valence-corrected chi connectivity index (χ2v) is 7.21. The van der Waals surface area contributed by atoms with E-state index in [4.69, 9.17) is 14.6 Å². The molecule has 1 aliphatic heterocycles. The van der Waals surface area contributed by atoms with Crippen LogP contribution in [0.1, 0.15) is 41.0 Å². The number of aliphatic hydroxyl groups is 3. The van der Waals surface area contributed by atoms with Crippen LogP contribution in [0.5, 0.6) is 0 Å². The van der Waals surface area contributed by atoms with Crippen LogP contribution >= 0.6 is 0 Å². The Balaban J connectivity index is 3.11. The molecule has 0 radical (unpaired) electrons. The maximum Gasteiger partial charge on any atom is 0.412 e. The van der Waals surface area contributed by atoms with Gasteiger partial charge < -0.3 is 24.8 Å². The van der Waals surface area contributed by atoms with Crippen molar-refractivity contribution in [1.82, 2.24) is 4.90 Å². The lowest BCUT2D eigenvalue weighted by atomic mass is 9.98. The average molecular weight is 331 g/mol. The highest BCUT2D eigenvalue weighted by atomic mass is 16.6. The van der Waals surface area contributed by atoms with Gasteiger partial charge in [0.25, 0.3) is 0 Å². The van der Waals surface area contributed by atoms with E-state index in [1.165, 1.54) is 4.90 Å². The van der Waals surface area contributed by atoms with Gasteiger partial charge in [-0.15, -0.1) is 6.58 Å². The summed E-state index contributed by atoms with van der Waals surface area (Å²) in [5.41, 5.74) is -1.70. The van der Waals surface area contributed by atoms with E-state index in [0.717, 1.165) is 0 Å². The number of hydrogen-bond donors (Lipinski definition) is 3. The van der Waals surface area contributed by atoms with Crippen molar-refractivity contribution in [3.63, 3.8) is 0 Å². The van der Waals surface area contributed by atoms with Gasteiger partial charge in [0.15, 0.2) is 0 Å². The van der Waals surface area contributed by atoms with Gasteiger partial charge in [-0.2, -0.15) is 0 Å². The van der Waals surface area contributed by atoms with E-state index < -0.39 is 48.4 Å². The maximum absolute atomic E-state index is 12.6. The van der Waals surface area contributed by atoms with Gasteiger partial charge in [0.2, 0.25) is 0 Å². The number of amides is 1. The largest absolute Gasteiger partial charge is 0.444 e. The molecule has 1 saturated heterocycles. The molecule has 0 aromatic heterocycles. The lowest BCUT2D eigenvalue weighted by Gasteiger charge is -2.35. The van der Waals surface area contributed by atoms with E-state index in [1.54, 1.807) is 40.7 Å². The molecule has 4 atom stereocenters. The number of ether oxygens (including phenoxy) is 2. The predicted molar refractivity (Wildman–Crippen MR) is 84.7 cm³/mol. The summed E-state index contributed by atoms with van der Waals surface area (Å²) < 4.78 is 11.2. The molecule has 0 unspecified atom stereocenters. The zero-order chi connectivity index (χ0) is 18.0. The average Bonchev–Trinajstić information content (AvgIpc) is 2.66. The van der Waals surface area contributed by atoms with Crippen LogP contribution in [0.15, 0.2) is 12.7 Å². The van der Waals surface area contributed by atoms with E-state index in [0.29, 0.717) is 6.42 Å². The van der Waals surface area contributed by atoms with E-state index in [-0.39, 0.29) is 0 Å². The quantitative estimate of drug-likeness (QED) is 0.651. The minimum absolute atomic E-state index is 0.350. The van der Waals surface area contributed by atoms with Crippen molar-refractivity contribution in [3.05, 3.63) is 12.7 Å². The number of nitrogens with zero attached hydrogens (tertiary/aromatic N) is 1. The van der Waals surface area contributed by atoms with Crippen LogP contribution in [0, 0.1) is 0 Å². The molecule has 0 bridgehead atoms. The fourth-order valence-corrected chi connectivity index (χ4v) is 2.72. The zero-order valence-electron chi connectivity index (χ0n) is 14.5. The van der Waals surface area contributed by atoms with Gasteiger partial charge in [-0.05, 0) is 41.0 Å². The predicted octanol–water partition coefficient (Wildman–Crippen LogP) is 1.02. The molecule has 23 heavy (non-hydrogen) atoms. The first-order valence-electron chi connectivity index (χ1n) is 7.72. The summed E-state index contributed by atoms with van der Waals surface area (Å²) in [6.45, 7) is 11.7. The van der Waals surface area contributed by atoms with Gasteiger partial charge in [-0.1, -0.05) is 6.08 Å². The summed E-state index contributed by atoms with van der Waals surface area (Å²) >= 11 is 0. The normalized spacial score (nSPS) is 26.7. The third-order valence-corrected chi connectivity index (χ3v) is 3.63. The van der Waals surface area contributed by atoms with Gasteiger partial charge in [0, 0.05) is 0 Å². The summed E-state index contributed by atoms with van der Waals surface area (Å²) in [6, 6.07) is -0.562. The number of hydrogen-bond acceptors (Lipinski definition) is 6. The topological polar surface area (TPSA) is 99.5 Å². The molecule has 7 heteroatoms. The third-order valence-electron chi connectivity index (χ3n) is 3.63. The van der Waals surface area contributed by atoms with E-state index in [1.807, 2.05) is 0 Å². The maximum atomic E-state index is 12.6. The van der Waals surface area contributed by atoms with Gasteiger partial charge in [-0.3, -0.25) is 4.90 Å². The SMILES string of the molecule is C=CC[C@@H]1[C@H]([C@H](O)[C@H](O)CO)OC(C)(C)N1C(=O)OC(C)(C)C. The number of rotatable bonds is 5. The third kappa shape index (κ3) is 4.67. The number of aliphatic hydroxyl groups excluding tert-OH is 3. The fraction of sp³-hybridized carbons (Fsp3) is 0.812. The zero-order valence-corrected chi connectivity index (χ0v) is 14.5. The molecule has 0 aromatic rings. The van der Waals surface area contributed by atoms with Crippen molar-refractivity contribution < 1.29 is 29.6 Å². The van der Waals surface area contributed by atoms with Gasteiger partial charge in [0.05, 0.1) is 12.6 Å². The molecule has 134 valence electrons. The van der Waals surface area contributed by atoms with Crippen LogP contribution in [-0.2, 0) is 9.47 Å². The summed E-state index contributed by atoms with van der Waals surface area (Å²) in [5.74, 6) is 0. The lowest BCUT2D eigenvalue weighted by molar-refractivity contribution is -0.131. The highest BCUT2D eigenvalue weighted by Crippen LogP contribution is 2.37. The van der Waals surface area contributed by atoms with Crippen LogP contribution < -0.4 is 0 Å². The van der Waals surface area contributed by atoms with Crippen molar-refractivity contribution in [3.8, 4) is 0 Å². The van der Waals surface area contributed by atoms with Crippen molar-refractivity contribution in [2.75, 3.05) is 6.61 Å². The summed E-state index contributed by atoms with van der Waals surface area (Å²) in [6.07, 6.45) is -2.17. The summed E-state index contributed by atoms with van der Waals surface area (Å²) in [4.78, 5) is 14.0. The molecule has 0 saturated carbocycles. The molecule has 1 fully saturated rings. The Kier molecular flexibility index (Phi) is 6.20. The molecule has 0 spiro atoms. The molecule has 0 aromatic carbocycles. The Morgan fingerprint density at radius 2 is 2.00 bits per heavy atom. The van der Waals surface area contributed by atoms with Crippen molar-refractivity contribution >= 4 is 6.09 Å². The first-order valence-corrected chi connectivity index (χ1v) is 7.72. The first kappa shape index (κ1) is 19.9. The Hall–Kier alpha value is -1.15. The molecule has 1 rings (SSSR count). The lowest BCUT2D eigenvalue weighted by Crippen LogP contribution is -2.51. The summed E-state index contributed by atoms with van der Waals surface area (Å²) in [5, 5.41) is 29.0. The standard InChI is InChI=1S/C16H29NO6/c1-7-8-10-13(12(20)11(19)9-18)22-16(5,6)17(10)14(21)23-15(2,3)4/h7,10-13,18-20H,1,8-9H2,2-6H3/t10-,11-,12-,13-/m1/s1. The Morgan fingerprint density at radius 3 is 2.43 bits per heavy atom. The van der Waals surface area contributed by atoms with Crippen LogP contribution in [0.4, 0.5) is 4.79 Å². The minimum atomic E-state index is -1.36. The molecule has 7 nitrogen and oxygen atoms in total. The van der Waals surface area contributed by atoms with Gasteiger partial charge in [0.1, 0.15) is 29.6 Å². The smallest absolute Gasteiger partial charge is 0.412 e. The first-order chi connectivity index (χ1) is 10.4. The monoisotopic (exact) mass is 331 g/mol. The molecule has 1 amide bonds. The van der Waals surface area contributed by atoms with Crippen LogP contribution in [0.25, 0.3) is 0 Å². The van der Waals surface area contributed by atoms with Crippen LogP contribution in [0.3, 0.4) is 0 Å². The van der Waals surface area contributed by atoms with Gasteiger partial charge >= 0.3 is 6.09 Å². The fourth-order valence-electron chi connectivity index (χ4n) is 2.72. The van der Waals surface area contributed by atoms with E-state index >= 15 is 0 Å². The van der Waals surface area contributed by atoms with Gasteiger partial charge in [-0.25, -0.2) is 4.79 Å². The second-order valence-electron chi connectivity index (χ2n) is 7.21. The molecule has 0 aliphatic carbocycles. The van der Waals surface area contributed by atoms with Crippen LogP contribution in [-0.4, -0.2) is 68.6 Å². The number of carbonyl (C=O) groups excluding carboxylic acids is 1. The highest BCUT2D eigenvalue weighted by molar-refractivity contribution is 5.70. The number of carbonyl (C=O) groups is 1. The Morgan fingerprint density at radius 1 is 1.43 bits per heavy atom. The summed E-state index contributed by atoms with van der Waals surface area (Å²) in [7, 11) is 0. The Labute approximate surface area is 137 Å². The van der Waals surface area contributed by atoms with Crippen molar-refractivity contribution in [1.29, 1.82) is 0 Å². The van der Waals surface area contributed by atoms with E-state index in [9.17, 15) is 15.0 Å². The van der Waals surface area contributed by atoms with Crippen LogP contribution in [0.2, 0.25) is 0 Å². The second kappa shape index (κ2) is 7.17. The molecule has 3 N–H and O–H groups in total. The Bertz CT molecular complexity index is 431. The molecular formula is C16H29NO6. The van der Waals surface area contributed by atoms with Crippen molar-refractivity contribution in [2.45, 2.75) is 76.7 Å². The highest BCUT2D eigenvalue weighted by Gasteiger charge is 2.53. The van der Waals surface area contributed by atoms with Crippen molar-refractivity contribution in [2.24, 2.45) is 0 Å².